The molecule has 0 spiro atoms. The lowest BCUT2D eigenvalue weighted by atomic mass is 10.1. The standard InChI is InChI=1S/C19H20N4O3/c1-22-12-16(19(21-22)14-6-4-3-5-7-14)11-20-18-9-8-17(23(24)25)10-15(18)13-26-2/h3-10,12,20H,11,13H2,1-2H3. The first-order chi connectivity index (χ1) is 12.6. The number of nitro groups is 1. The molecule has 2 aromatic carbocycles. The number of aromatic nitrogens is 2. The summed E-state index contributed by atoms with van der Waals surface area (Å²) >= 11 is 0. The predicted molar refractivity (Wildman–Crippen MR) is 99.8 cm³/mol. The number of hydrogen-bond donors (Lipinski definition) is 1. The van der Waals surface area contributed by atoms with Crippen LogP contribution in [0.15, 0.2) is 54.7 Å². The van der Waals surface area contributed by atoms with Gasteiger partial charge in [0.05, 0.1) is 17.2 Å². The first-order valence-electron chi connectivity index (χ1n) is 8.16. The van der Waals surface area contributed by atoms with Crippen molar-refractivity contribution >= 4 is 11.4 Å². The van der Waals surface area contributed by atoms with Crippen LogP contribution >= 0.6 is 0 Å². The average molecular weight is 352 g/mol. The molecule has 1 aromatic heterocycles. The van der Waals surface area contributed by atoms with Crippen molar-refractivity contribution in [1.82, 2.24) is 9.78 Å². The van der Waals surface area contributed by atoms with E-state index in [0.717, 1.165) is 28.1 Å². The van der Waals surface area contributed by atoms with Gasteiger partial charge in [0, 0.05) is 61.4 Å². The first kappa shape index (κ1) is 17.6. The molecule has 7 nitrogen and oxygen atoms in total. The Bertz CT molecular complexity index is 906. The fourth-order valence-corrected chi connectivity index (χ4v) is 2.84. The molecule has 0 aliphatic rings. The maximum absolute atomic E-state index is 11.0. The molecule has 0 atom stereocenters. The van der Waals surface area contributed by atoms with Gasteiger partial charge in [0.15, 0.2) is 0 Å². The number of anilines is 1. The van der Waals surface area contributed by atoms with Gasteiger partial charge in [-0.15, -0.1) is 0 Å². The van der Waals surface area contributed by atoms with Gasteiger partial charge in [-0.05, 0) is 6.07 Å². The zero-order valence-electron chi connectivity index (χ0n) is 14.7. The van der Waals surface area contributed by atoms with Crippen molar-refractivity contribution in [3.05, 3.63) is 76.0 Å². The second-order valence-electron chi connectivity index (χ2n) is 5.93. The normalized spacial score (nSPS) is 10.7. The van der Waals surface area contributed by atoms with Crippen LogP contribution in [0.3, 0.4) is 0 Å². The lowest BCUT2D eigenvalue weighted by Crippen LogP contribution is -2.04. The Labute approximate surface area is 151 Å². The lowest BCUT2D eigenvalue weighted by Gasteiger charge is -2.12. The Morgan fingerprint density at radius 3 is 2.65 bits per heavy atom. The number of nitro benzene ring substituents is 1. The summed E-state index contributed by atoms with van der Waals surface area (Å²) in [6.07, 6.45) is 1.97. The van der Waals surface area contributed by atoms with Crippen LogP contribution in [0.1, 0.15) is 11.1 Å². The molecule has 0 unspecified atom stereocenters. The number of nitrogens with zero attached hydrogens (tertiary/aromatic N) is 3. The summed E-state index contributed by atoms with van der Waals surface area (Å²) in [6.45, 7) is 0.842. The molecule has 0 bridgehead atoms. The zero-order chi connectivity index (χ0) is 18.5. The summed E-state index contributed by atoms with van der Waals surface area (Å²) in [7, 11) is 3.45. The summed E-state index contributed by atoms with van der Waals surface area (Å²) in [5.41, 5.74) is 4.60. The quantitative estimate of drug-likeness (QED) is 0.517. The number of benzene rings is 2. The van der Waals surface area contributed by atoms with Gasteiger partial charge in [-0.3, -0.25) is 14.8 Å². The molecule has 26 heavy (non-hydrogen) atoms. The number of hydrogen-bond acceptors (Lipinski definition) is 5. The van der Waals surface area contributed by atoms with E-state index < -0.39 is 4.92 Å². The molecule has 0 aliphatic heterocycles. The van der Waals surface area contributed by atoms with E-state index in [0.29, 0.717) is 13.2 Å². The van der Waals surface area contributed by atoms with Crippen LogP contribution in [0.25, 0.3) is 11.3 Å². The smallest absolute Gasteiger partial charge is 0.269 e. The van der Waals surface area contributed by atoms with Gasteiger partial charge < -0.3 is 10.1 Å². The number of rotatable bonds is 7. The molecule has 3 rings (SSSR count). The molecule has 0 saturated heterocycles. The molecule has 3 aromatic rings. The summed E-state index contributed by atoms with van der Waals surface area (Å²) < 4.78 is 6.96. The van der Waals surface area contributed by atoms with Gasteiger partial charge in [-0.1, -0.05) is 30.3 Å². The number of nitrogens with one attached hydrogen (secondary N) is 1. The molecule has 0 radical (unpaired) electrons. The van der Waals surface area contributed by atoms with Crippen LogP contribution in [-0.4, -0.2) is 21.8 Å². The summed E-state index contributed by atoms with van der Waals surface area (Å²) in [5.74, 6) is 0. The van der Waals surface area contributed by atoms with E-state index in [1.165, 1.54) is 12.1 Å². The van der Waals surface area contributed by atoms with E-state index in [9.17, 15) is 10.1 Å². The largest absolute Gasteiger partial charge is 0.381 e. The summed E-state index contributed by atoms with van der Waals surface area (Å²) in [4.78, 5) is 10.6. The van der Waals surface area contributed by atoms with E-state index in [4.69, 9.17) is 4.74 Å². The van der Waals surface area contributed by atoms with Crippen molar-refractivity contribution in [3.8, 4) is 11.3 Å². The highest BCUT2D eigenvalue weighted by Gasteiger charge is 2.13. The molecule has 0 fully saturated rings. The molecule has 1 N–H and O–H groups in total. The topological polar surface area (TPSA) is 82.2 Å². The van der Waals surface area contributed by atoms with Gasteiger partial charge in [0.1, 0.15) is 0 Å². The Balaban J connectivity index is 1.85. The minimum absolute atomic E-state index is 0.0500. The minimum atomic E-state index is -0.405. The SMILES string of the molecule is COCc1cc([N+](=O)[O-])ccc1NCc1cn(C)nc1-c1ccccc1. The fraction of sp³-hybridized carbons (Fsp3) is 0.211. The molecular weight excluding hydrogens is 332 g/mol. The second kappa shape index (κ2) is 7.79. The molecule has 0 amide bonds. The fourth-order valence-electron chi connectivity index (χ4n) is 2.84. The number of aryl methyl sites for hydroxylation is 1. The van der Waals surface area contributed by atoms with Crippen molar-refractivity contribution < 1.29 is 9.66 Å². The molecule has 134 valence electrons. The van der Waals surface area contributed by atoms with Crippen molar-refractivity contribution in [3.63, 3.8) is 0 Å². The monoisotopic (exact) mass is 352 g/mol. The molecule has 7 heteroatoms. The maximum Gasteiger partial charge on any atom is 0.269 e. The van der Waals surface area contributed by atoms with Crippen LogP contribution in [0.4, 0.5) is 11.4 Å². The second-order valence-corrected chi connectivity index (χ2v) is 5.93. The Hall–Kier alpha value is -3.19. The molecule has 0 aliphatic carbocycles. The highest BCUT2D eigenvalue weighted by Crippen LogP contribution is 2.26. The van der Waals surface area contributed by atoms with Crippen LogP contribution in [0, 0.1) is 10.1 Å². The van der Waals surface area contributed by atoms with E-state index in [-0.39, 0.29) is 5.69 Å². The number of non-ortho nitro benzene ring substituents is 1. The van der Waals surface area contributed by atoms with Crippen molar-refractivity contribution in [2.24, 2.45) is 7.05 Å². The van der Waals surface area contributed by atoms with Gasteiger partial charge in [0.2, 0.25) is 0 Å². The highest BCUT2D eigenvalue weighted by atomic mass is 16.6. The number of ether oxygens (including phenoxy) is 1. The predicted octanol–water partition coefficient (Wildman–Crippen LogP) is 3.75. The Morgan fingerprint density at radius 2 is 1.96 bits per heavy atom. The summed E-state index contributed by atoms with van der Waals surface area (Å²) in [5, 5.41) is 18.9. The van der Waals surface area contributed by atoms with Crippen LogP contribution in [0.2, 0.25) is 0 Å². The van der Waals surface area contributed by atoms with Crippen molar-refractivity contribution in [1.29, 1.82) is 0 Å². The average Bonchev–Trinajstić information content (AvgIpc) is 3.02. The first-order valence-corrected chi connectivity index (χ1v) is 8.16. The lowest BCUT2D eigenvalue weighted by molar-refractivity contribution is -0.384. The zero-order valence-corrected chi connectivity index (χ0v) is 14.7. The summed E-state index contributed by atoms with van der Waals surface area (Å²) in [6, 6.07) is 14.7. The van der Waals surface area contributed by atoms with Crippen molar-refractivity contribution in [2.45, 2.75) is 13.2 Å². The van der Waals surface area contributed by atoms with E-state index >= 15 is 0 Å². The van der Waals surface area contributed by atoms with Gasteiger partial charge in [0.25, 0.3) is 5.69 Å². The van der Waals surface area contributed by atoms with Crippen LogP contribution in [0.5, 0.6) is 0 Å². The van der Waals surface area contributed by atoms with E-state index in [1.54, 1.807) is 17.9 Å². The molecule has 0 saturated carbocycles. The van der Waals surface area contributed by atoms with E-state index in [2.05, 4.69) is 10.4 Å². The third kappa shape index (κ3) is 3.89. The van der Waals surface area contributed by atoms with Gasteiger partial charge in [-0.25, -0.2) is 0 Å². The van der Waals surface area contributed by atoms with Crippen molar-refractivity contribution in [2.75, 3.05) is 12.4 Å². The highest BCUT2D eigenvalue weighted by molar-refractivity contribution is 5.64. The molecule has 1 heterocycles. The number of methoxy groups -OCH3 is 1. The van der Waals surface area contributed by atoms with Crippen LogP contribution in [-0.2, 0) is 24.9 Å². The van der Waals surface area contributed by atoms with Gasteiger partial charge in [-0.2, -0.15) is 5.10 Å². The molecular formula is C19H20N4O3. The Kier molecular flexibility index (Phi) is 5.28. The third-order valence-electron chi connectivity index (χ3n) is 4.02. The Morgan fingerprint density at radius 1 is 1.19 bits per heavy atom. The van der Waals surface area contributed by atoms with E-state index in [1.807, 2.05) is 43.6 Å². The maximum atomic E-state index is 11.0. The minimum Gasteiger partial charge on any atom is -0.381 e. The van der Waals surface area contributed by atoms with Crippen LogP contribution < -0.4 is 5.32 Å². The van der Waals surface area contributed by atoms with Gasteiger partial charge >= 0.3 is 0 Å². The third-order valence-corrected chi connectivity index (χ3v) is 4.02.